The summed E-state index contributed by atoms with van der Waals surface area (Å²) < 4.78 is 1.93. The molecule has 0 aliphatic heterocycles. The molecule has 1 aromatic carbocycles. The molecule has 8 heteroatoms. The Hall–Kier alpha value is -0.930. The molecular weight excluding hydrogens is 469 g/mol. The van der Waals surface area contributed by atoms with Crippen molar-refractivity contribution < 1.29 is 0 Å². The minimum Gasteiger partial charge on any atom is -0.356 e. The maximum Gasteiger partial charge on any atom is 0.191 e. The normalized spacial score (nSPS) is 12.4. The maximum absolute atomic E-state index is 6.09. The van der Waals surface area contributed by atoms with E-state index in [0.29, 0.717) is 5.25 Å². The van der Waals surface area contributed by atoms with Gasteiger partial charge in [-0.1, -0.05) is 23.7 Å². The molecule has 0 saturated carbocycles. The molecule has 1 aromatic heterocycles. The Balaban J connectivity index is 0.00000312. The lowest BCUT2D eigenvalue weighted by Gasteiger charge is -2.18. The van der Waals surface area contributed by atoms with E-state index in [1.165, 1.54) is 5.56 Å². The molecule has 0 spiro atoms. The van der Waals surface area contributed by atoms with Gasteiger partial charge in [0.1, 0.15) is 0 Å². The second-order valence-electron chi connectivity index (χ2n) is 5.28. The van der Waals surface area contributed by atoms with Crippen LogP contribution in [0, 0.1) is 0 Å². The van der Waals surface area contributed by atoms with Crippen LogP contribution in [0.15, 0.2) is 47.7 Å². The van der Waals surface area contributed by atoms with Gasteiger partial charge >= 0.3 is 0 Å². The summed E-state index contributed by atoms with van der Waals surface area (Å²) in [7, 11) is 1.79. The van der Waals surface area contributed by atoms with Crippen molar-refractivity contribution in [2.24, 2.45) is 4.99 Å². The van der Waals surface area contributed by atoms with E-state index in [1.807, 2.05) is 35.1 Å². The molecule has 2 rings (SSSR count). The van der Waals surface area contributed by atoms with Crippen LogP contribution in [-0.4, -0.2) is 42.1 Å². The number of thioether (sulfide) groups is 1. The Kier molecular flexibility index (Phi) is 11.0. The Morgan fingerprint density at radius 3 is 2.84 bits per heavy atom. The predicted octanol–water partition coefficient (Wildman–Crippen LogP) is 3.81. The first-order valence-corrected chi connectivity index (χ1v) is 9.59. The number of guanidine groups is 1. The van der Waals surface area contributed by atoms with Gasteiger partial charge in [-0.2, -0.15) is 16.9 Å². The molecule has 2 aromatic rings. The van der Waals surface area contributed by atoms with Gasteiger partial charge in [0.25, 0.3) is 0 Å². The van der Waals surface area contributed by atoms with E-state index in [4.69, 9.17) is 11.6 Å². The summed E-state index contributed by atoms with van der Waals surface area (Å²) in [6.07, 6.45) is 6.86. The van der Waals surface area contributed by atoms with E-state index in [-0.39, 0.29) is 24.0 Å². The molecule has 138 valence electrons. The van der Waals surface area contributed by atoms with Gasteiger partial charge in [-0.25, -0.2) is 0 Å². The Labute approximate surface area is 176 Å². The van der Waals surface area contributed by atoms with Crippen molar-refractivity contribution in [1.82, 2.24) is 20.4 Å². The molecule has 0 fully saturated rings. The van der Waals surface area contributed by atoms with Crippen molar-refractivity contribution in [3.8, 4) is 0 Å². The molecule has 0 aliphatic carbocycles. The van der Waals surface area contributed by atoms with Gasteiger partial charge in [0, 0.05) is 49.3 Å². The summed E-state index contributed by atoms with van der Waals surface area (Å²) in [4.78, 5) is 4.28. The SMILES string of the molecule is CN=C(NCCCn1cccn1)NCC(SC)c1cccc(Cl)c1.I. The quantitative estimate of drug-likeness (QED) is 0.254. The van der Waals surface area contributed by atoms with Crippen LogP contribution in [-0.2, 0) is 6.54 Å². The third-order valence-corrected chi connectivity index (χ3v) is 4.84. The molecular formula is C17H25ClIN5S. The lowest BCUT2D eigenvalue weighted by Crippen LogP contribution is -2.39. The zero-order chi connectivity index (χ0) is 17.2. The number of aryl methyl sites for hydroxylation is 1. The summed E-state index contributed by atoms with van der Waals surface area (Å²) in [5, 5.41) is 12.0. The van der Waals surface area contributed by atoms with Crippen LogP contribution in [0.1, 0.15) is 17.2 Å². The first kappa shape index (κ1) is 22.1. The summed E-state index contributed by atoms with van der Waals surface area (Å²) in [6, 6.07) is 9.95. The van der Waals surface area contributed by atoms with Crippen molar-refractivity contribution in [2.75, 3.05) is 26.4 Å². The van der Waals surface area contributed by atoms with Crippen molar-refractivity contribution in [2.45, 2.75) is 18.2 Å². The first-order valence-electron chi connectivity index (χ1n) is 7.93. The largest absolute Gasteiger partial charge is 0.356 e. The van der Waals surface area contributed by atoms with Gasteiger partial charge in [0.15, 0.2) is 5.96 Å². The molecule has 5 nitrogen and oxygen atoms in total. The molecule has 1 unspecified atom stereocenters. The smallest absolute Gasteiger partial charge is 0.191 e. The van der Waals surface area contributed by atoms with E-state index in [9.17, 15) is 0 Å². The van der Waals surface area contributed by atoms with Crippen molar-refractivity contribution in [3.05, 3.63) is 53.3 Å². The van der Waals surface area contributed by atoms with Crippen molar-refractivity contribution >= 4 is 53.3 Å². The lowest BCUT2D eigenvalue weighted by atomic mass is 10.1. The topological polar surface area (TPSA) is 54.2 Å². The molecule has 2 N–H and O–H groups in total. The number of aliphatic imine (C=N–C) groups is 1. The molecule has 0 saturated heterocycles. The third-order valence-electron chi connectivity index (χ3n) is 3.60. The number of hydrogen-bond acceptors (Lipinski definition) is 3. The fourth-order valence-electron chi connectivity index (χ4n) is 2.33. The van der Waals surface area contributed by atoms with Crippen LogP contribution in [0.3, 0.4) is 0 Å². The highest BCUT2D eigenvalue weighted by atomic mass is 127. The van der Waals surface area contributed by atoms with E-state index in [2.05, 4.69) is 33.0 Å². The highest BCUT2D eigenvalue weighted by Gasteiger charge is 2.11. The van der Waals surface area contributed by atoms with Crippen LogP contribution in [0.4, 0.5) is 0 Å². The van der Waals surface area contributed by atoms with Crippen molar-refractivity contribution in [1.29, 1.82) is 0 Å². The minimum absolute atomic E-state index is 0. The van der Waals surface area contributed by atoms with Crippen LogP contribution < -0.4 is 10.6 Å². The molecule has 0 aliphatic rings. The standard InChI is InChI=1S/C17H24ClN5S.HI/c1-19-17(20-8-4-10-23-11-5-9-22-23)21-13-16(24-2)14-6-3-7-15(18)12-14;/h3,5-7,9,11-12,16H,4,8,10,13H2,1-2H3,(H2,19,20,21);1H. The Bertz CT molecular complexity index is 636. The number of rotatable bonds is 8. The molecule has 0 radical (unpaired) electrons. The van der Waals surface area contributed by atoms with Crippen molar-refractivity contribution in [3.63, 3.8) is 0 Å². The average Bonchev–Trinajstić information content (AvgIpc) is 3.10. The van der Waals surface area contributed by atoms with E-state index < -0.39 is 0 Å². The van der Waals surface area contributed by atoms with Gasteiger partial charge < -0.3 is 10.6 Å². The summed E-state index contributed by atoms with van der Waals surface area (Å²) in [6.45, 7) is 2.54. The number of halogens is 2. The monoisotopic (exact) mass is 493 g/mol. The second kappa shape index (κ2) is 12.4. The summed E-state index contributed by atoms with van der Waals surface area (Å²) >= 11 is 7.89. The van der Waals surface area contributed by atoms with Crippen LogP contribution in [0.5, 0.6) is 0 Å². The van der Waals surface area contributed by atoms with Gasteiger partial charge in [-0.15, -0.1) is 24.0 Å². The van der Waals surface area contributed by atoms with Crippen LogP contribution >= 0.6 is 47.3 Å². The van der Waals surface area contributed by atoms with E-state index in [1.54, 1.807) is 25.0 Å². The minimum atomic E-state index is 0. The number of benzene rings is 1. The Morgan fingerprint density at radius 2 is 2.20 bits per heavy atom. The zero-order valence-electron chi connectivity index (χ0n) is 14.5. The molecule has 1 atom stereocenters. The molecule has 0 amide bonds. The molecule has 1 heterocycles. The molecule has 25 heavy (non-hydrogen) atoms. The fraction of sp³-hybridized carbons (Fsp3) is 0.412. The third kappa shape index (κ3) is 7.87. The van der Waals surface area contributed by atoms with Crippen LogP contribution in [0.25, 0.3) is 0 Å². The van der Waals surface area contributed by atoms with Crippen LogP contribution in [0.2, 0.25) is 5.02 Å². The van der Waals surface area contributed by atoms with E-state index >= 15 is 0 Å². The van der Waals surface area contributed by atoms with Gasteiger partial charge in [0.05, 0.1) is 0 Å². The van der Waals surface area contributed by atoms with E-state index in [0.717, 1.165) is 37.0 Å². The Morgan fingerprint density at radius 1 is 1.36 bits per heavy atom. The van der Waals surface area contributed by atoms with Gasteiger partial charge in [0.2, 0.25) is 0 Å². The number of nitrogens with one attached hydrogen (secondary N) is 2. The lowest BCUT2D eigenvalue weighted by molar-refractivity contribution is 0.570. The number of aromatic nitrogens is 2. The predicted molar refractivity (Wildman–Crippen MR) is 119 cm³/mol. The van der Waals surface area contributed by atoms with Gasteiger partial charge in [-0.05, 0) is 36.4 Å². The number of hydrogen-bond donors (Lipinski definition) is 2. The zero-order valence-corrected chi connectivity index (χ0v) is 18.4. The summed E-state index contributed by atoms with van der Waals surface area (Å²) in [5.74, 6) is 0.816. The molecule has 0 bridgehead atoms. The van der Waals surface area contributed by atoms with Gasteiger partial charge in [-0.3, -0.25) is 9.67 Å². The second-order valence-corrected chi connectivity index (χ2v) is 6.76. The first-order chi connectivity index (χ1) is 11.7. The average molecular weight is 494 g/mol. The number of nitrogens with zero attached hydrogens (tertiary/aromatic N) is 3. The fourth-order valence-corrected chi connectivity index (χ4v) is 3.20. The summed E-state index contributed by atoms with van der Waals surface area (Å²) in [5.41, 5.74) is 1.22. The maximum atomic E-state index is 6.09. The highest BCUT2D eigenvalue weighted by Crippen LogP contribution is 2.27. The highest BCUT2D eigenvalue weighted by molar-refractivity contribution is 14.0.